The minimum Gasteiger partial charge on any atom is -0.385 e. The molecule has 0 spiro atoms. The molecule has 2 heterocycles. The largest absolute Gasteiger partial charge is 0.385 e. The summed E-state index contributed by atoms with van der Waals surface area (Å²) in [6.45, 7) is 0. The fraction of sp³-hybridized carbons (Fsp3) is 0.111. The Bertz CT molecular complexity index is 380. The zero-order valence-electron chi connectivity index (χ0n) is 7.31. The number of rotatable bonds is 2. The van der Waals surface area contributed by atoms with Gasteiger partial charge < -0.3 is 5.32 Å². The van der Waals surface area contributed by atoms with E-state index in [0.29, 0.717) is 0 Å². The minimum absolute atomic E-state index is 0.815. The first-order chi connectivity index (χ1) is 6.42. The van der Waals surface area contributed by atoms with Crippen LogP contribution in [0.15, 0.2) is 36.8 Å². The van der Waals surface area contributed by atoms with Gasteiger partial charge in [-0.25, -0.2) is 9.67 Å². The van der Waals surface area contributed by atoms with Crippen molar-refractivity contribution in [1.29, 1.82) is 0 Å². The summed E-state index contributed by atoms with van der Waals surface area (Å²) in [6, 6.07) is 5.72. The average Bonchev–Trinajstić information content (AvgIpc) is 2.70. The highest BCUT2D eigenvalue weighted by Crippen LogP contribution is 2.14. The highest BCUT2D eigenvalue weighted by atomic mass is 15.3. The average molecular weight is 174 g/mol. The van der Waals surface area contributed by atoms with Crippen LogP contribution in [0.4, 0.5) is 5.69 Å². The third kappa shape index (κ3) is 1.38. The zero-order chi connectivity index (χ0) is 9.10. The van der Waals surface area contributed by atoms with Crippen molar-refractivity contribution in [2.45, 2.75) is 0 Å². The minimum atomic E-state index is 0.815. The summed E-state index contributed by atoms with van der Waals surface area (Å²) < 4.78 is 1.73. The monoisotopic (exact) mass is 174 g/mol. The molecule has 0 aliphatic heterocycles. The van der Waals surface area contributed by atoms with E-state index in [1.807, 2.05) is 31.4 Å². The Kier molecular flexibility index (Phi) is 1.96. The van der Waals surface area contributed by atoms with Crippen molar-refractivity contribution in [2.75, 3.05) is 12.4 Å². The Morgan fingerprint density at radius 1 is 1.31 bits per heavy atom. The molecule has 1 N–H and O–H groups in total. The first-order valence-electron chi connectivity index (χ1n) is 4.04. The Morgan fingerprint density at radius 3 is 2.92 bits per heavy atom. The third-order valence-corrected chi connectivity index (χ3v) is 1.78. The van der Waals surface area contributed by atoms with E-state index < -0.39 is 0 Å². The van der Waals surface area contributed by atoms with Crippen LogP contribution in [0.25, 0.3) is 5.82 Å². The molecule has 0 aliphatic carbocycles. The summed E-state index contributed by atoms with van der Waals surface area (Å²) in [5, 5.41) is 7.17. The van der Waals surface area contributed by atoms with E-state index in [2.05, 4.69) is 15.4 Å². The second-order valence-electron chi connectivity index (χ2n) is 2.58. The van der Waals surface area contributed by atoms with Crippen molar-refractivity contribution in [3.8, 4) is 5.82 Å². The molecule has 4 heteroatoms. The summed E-state index contributed by atoms with van der Waals surface area (Å²) in [5.74, 6) is 0.815. The smallest absolute Gasteiger partial charge is 0.176 e. The van der Waals surface area contributed by atoms with E-state index in [4.69, 9.17) is 0 Å². The molecular weight excluding hydrogens is 164 g/mol. The van der Waals surface area contributed by atoms with Gasteiger partial charge >= 0.3 is 0 Å². The van der Waals surface area contributed by atoms with Crippen molar-refractivity contribution >= 4 is 5.69 Å². The molecule has 0 fully saturated rings. The van der Waals surface area contributed by atoms with Crippen molar-refractivity contribution in [2.24, 2.45) is 0 Å². The van der Waals surface area contributed by atoms with E-state index >= 15 is 0 Å². The molecule has 4 nitrogen and oxygen atoms in total. The topological polar surface area (TPSA) is 42.7 Å². The number of aromatic nitrogens is 3. The van der Waals surface area contributed by atoms with Gasteiger partial charge in [-0.05, 0) is 18.2 Å². The van der Waals surface area contributed by atoms with E-state index in [9.17, 15) is 0 Å². The molecule has 13 heavy (non-hydrogen) atoms. The van der Waals surface area contributed by atoms with E-state index in [1.165, 1.54) is 0 Å². The van der Waals surface area contributed by atoms with Crippen molar-refractivity contribution in [3.05, 3.63) is 36.8 Å². The van der Waals surface area contributed by atoms with Crippen LogP contribution in [0.3, 0.4) is 0 Å². The lowest BCUT2D eigenvalue weighted by molar-refractivity contribution is 0.848. The zero-order valence-corrected chi connectivity index (χ0v) is 7.31. The number of hydrogen-bond donors (Lipinski definition) is 1. The molecular formula is C9H10N4. The standard InChI is InChI=1S/C9H10N4/c1-10-8-4-2-5-11-9(8)13-7-3-6-12-13/h2-7,10H,1H3. The van der Waals surface area contributed by atoms with Crippen LogP contribution in [-0.2, 0) is 0 Å². The molecule has 0 saturated heterocycles. The maximum atomic E-state index is 4.23. The summed E-state index contributed by atoms with van der Waals surface area (Å²) >= 11 is 0. The second kappa shape index (κ2) is 3.26. The van der Waals surface area contributed by atoms with E-state index in [1.54, 1.807) is 17.1 Å². The maximum Gasteiger partial charge on any atom is 0.176 e. The van der Waals surface area contributed by atoms with Gasteiger partial charge in [0.2, 0.25) is 0 Å². The van der Waals surface area contributed by atoms with Gasteiger partial charge in [-0.1, -0.05) is 0 Å². The van der Waals surface area contributed by atoms with Gasteiger partial charge in [-0.3, -0.25) is 0 Å². The predicted octanol–water partition coefficient (Wildman–Crippen LogP) is 1.31. The van der Waals surface area contributed by atoms with Gasteiger partial charge in [0.05, 0.1) is 5.69 Å². The lowest BCUT2D eigenvalue weighted by Crippen LogP contribution is -2.02. The highest BCUT2D eigenvalue weighted by molar-refractivity contribution is 5.55. The molecule has 0 radical (unpaired) electrons. The molecule has 2 aromatic rings. The molecule has 66 valence electrons. The molecule has 0 saturated carbocycles. The van der Waals surface area contributed by atoms with Gasteiger partial charge in [0.1, 0.15) is 0 Å². The summed E-state index contributed by atoms with van der Waals surface area (Å²) in [5.41, 5.74) is 0.964. The van der Waals surface area contributed by atoms with Crippen molar-refractivity contribution in [3.63, 3.8) is 0 Å². The van der Waals surface area contributed by atoms with Crippen LogP contribution in [0.1, 0.15) is 0 Å². The maximum absolute atomic E-state index is 4.23. The van der Waals surface area contributed by atoms with E-state index in [0.717, 1.165) is 11.5 Å². The third-order valence-electron chi connectivity index (χ3n) is 1.78. The lowest BCUT2D eigenvalue weighted by Gasteiger charge is -2.06. The van der Waals surface area contributed by atoms with E-state index in [-0.39, 0.29) is 0 Å². The van der Waals surface area contributed by atoms with Crippen LogP contribution in [0.5, 0.6) is 0 Å². The normalized spacial score (nSPS) is 9.92. The SMILES string of the molecule is CNc1cccnc1-n1cccn1. The number of anilines is 1. The van der Waals surface area contributed by atoms with Gasteiger partial charge in [-0.2, -0.15) is 5.10 Å². The highest BCUT2D eigenvalue weighted by Gasteiger charge is 2.02. The molecule has 2 rings (SSSR count). The van der Waals surface area contributed by atoms with Crippen LogP contribution >= 0.6 is 0 Å². The summed E-state index contributed by atoms with van der Waals surface area (Å²) in [6.07, 6.45) is 5.34. The number of nitrogens with zero attached hydrogens (tertiary/aromatic N) is 3. The summed E-state index contributed by atoms with van der Waals surface area (Å²) in [7, 11) is 1.87. The summed E-state index contributed by atoms with van der Waals surface area (Å²) in [4.78, 5) is 4.23. The van der Waals surface area contributed by atoms with Crippen LogP contribution in [-0.4, -0.2) is 21.8 Å². The van der Waals surface area contributed by atoms with Crippen LogP contribution < -0.4 is 5.32 Å². The molecule has 0 bridgehead atoms. The molecule has 0 aromatic carbocycles. The van der Waals surface area contributed by atoms with Gasteiger partial charge in [0.25, 0.3) is 0 Å². The number of hydrogen-bond acceptors (Lipinski definition) is 3. The number of nitrogens with one attached hydrogen (secondary N) is 1. The Labute approximate surface area is 76.2 Å². The fourth-order valence-electron chi connectivity index (χ4n) is 1.17. The second-order valence-corrected chi connectivity index (χ2v) is 2.58. The number of pyridine rings is 1. The molecule has 0 unspecified atom stereocenters. The van der Waals surface area contributed by atoms with Gasteiger partial charge in [-0.15, -0.1) is 0 Å². The molecule has 2 aromatic heterocycles. The van der Waals surface area contributed by atoms with Crippen LogP contribution in [0, 0.1) is 0 Å². The molecule has 0 amide bonds. The molecule has 0 aliphatic rings. The van der Waals surface area contributed by atoms with Crippen molar-refractivity contribution < 1.29 is 0 Å². The van der Waals surface area contributed by atoms with Gasteiger partial charge in [0.15, 0.2) is 5.82 Å². The first-order valence-corrected chi connectivity index (χ1v) is 4.04. The fourth-order valence-corrected chi connectivity index (χ4v) is 1.17. The quantitative estimate of drug-likeness (QED) is 0.746. The lowest BCUT2D eigenvalue weighted by atomic mass is 10.4. The van der Waals surface area contributed by atoms with Gasteiger partial charge in [0, 0.05) is 25.6 Å². The van der Waals surface area contributed by atoms with Crippen LogP contribution in [0.2, 0.25) is 0 Å². The van der Waals surface area contributed by atoms with Crippen molar-refractivity contribution in [1.82, 2.24) is 14.8 Å². The Hall–Kier alpha value is -1.84. The first kappa shape index (κ1) is 7.79. The molecule has 0 atom stereocenters. The Morgan fingerprint density at radius 2 is 2.23 bits per heavy atom. The predicted molar refractivity (Wildman–Crippen MR) is 50.9 cm³/mol. The Balaban J connectivity index is 2.51.